The lowest BCUT2D eigenvalue weighted by molar-refractivity contribution is -0.143. The smallest absolute Gasteiger partial charge is 0.310 e. The molecule has 2 rings (SSSR count). The first kappa shape index (κ1) is 19.7. The predicted octanol–water partition coefficient (Wildman–Crippen LogP) is 4.05. The molecule has 0 aromatic heterocycles. The van der Waals surface area contributed by atoms with Crippen molar-refractivity contribution in [2.24, 2.45) is 0 Å². The Kier molecular flexibility index (Phi) is 7.39. The number of rotatable bonds is 8. The second-order valence-electron chi connectivity index (χ2n) is 6.12. The van der Waals surface area contributed by atoms with E-state index in [1.54, 1.807) is 13.8 Å². The van der Waals surface area contributed by atoms with Crippen molar-refractivity contribution in [3.8, 4) is 0 Å². The van der Waals surface area contributed by atoms with Crippen LogP contribution < -0.4 is 0 Å². The summed E-state index contributed by atoms with van der Waals surface area (Å²) in [6.45, 7) is 6.37. The Morgan fingerprint density at radius 2 is 1.38 bits per heavy atom. The summed E-state index contributed by atoms with van der Waals surface area (Å²) in [7, 11) is 0. The zero-order valence-electron chi connectivity index (χ0n) is 15.7. The van der Waals surface area contributed by atoms with Crippen molar-refractivity contribution in [2.75, 3.05) is 13.2 Å². The lowest BCUT2D eigenvalue weighted by Crippen LogP contribution is -2.13. The number of benzene rings is 2. The maximum Gasteiger partial charge on any atom is 0.310 e. The monoisotopic (exact) mass is 354 g/mol. The molecule has 0 heterocycles. The molecule has 26 heavy (non-hydrogen) atoms. The van der Waals surface area contributed by atoms with Crippen LogP contribution >= 0.6 is 0 Å². The summed E-state index contributed by atoms with van der Waals surface area (Å²) in [5.74, 6) is -0.391. The first-order chi connectivity index (χ1) is 12.5. The van der Waals surface area contributed by atoms with Crippen molar-refractivity contribution < 1.29 is 19.1 Å². The second-order valence-corrected chi connectivity index (χ2v) is 6.12. The van der Waals surface area contributed by atoms with Gasteiger partial charge in [0.15, 0.2) is 0 Å². The number of ether oxygens (including phenoxy) is 2. The van der Waals surface area contributed by atoms with Crippen LogP contribution in [0.1, 0.15) is 48.9 Å². The van der Waals surface area contributed by atoms with Crippen LogP contribution in [0.15, 0.2) is 48.5 Å². The van der Waals surface area contributed by atoms with Crippen LogP contribution in [-0.4, -0.2) is 25.2 Å². The lowest BCUT2D eigenvalue weighted by atomic mass is 9.89. The Morgan fingerprint density at radius 3 is 1.96 bits per heavy atom. The summed E-state index contributed by atoms with van der Waals surface area (Å²) in [5.41, 5.74) is 3.92. The van der Waals surface area contributed by atoms with E-state index in [9.17, 15) is 9.59 Å². The molecule has 138 valence electrons. The van der Waals surface area contributed by atoms with Crippen molar-refractivity contribution in [3.05, 3.63) is 70.8 Å². The molecule has 0 saturated heterocycles. The van der Waals surface area contributed by atoms with Crippen LogP contribution in [-0.2, 0) is 31.9 Å². The van der Waals surface area contributed by atoms with E-state index in [4.69, 9.17) is 9.47 Å². The van der Waals surface area contributed by atoms with E-state index in [1.807, 2.05) is 36.4 Å². The van der Waals surface area contributed by atoms with E-state index in [2.05, 4.69) is 19.1 Å². The van der Waals surface area contributed by atoms with Gasteiger partial charge in [-0.2, -0.15) is 0 Å². The van der Waals surface area contributed by atoms with Gasteiger partial charge in [-0.3, -0.25) is 9.59 Å². The molecular weight excluding hydrogens is 328 g/mol. The molecule has 1 unspecified atom stereocenters. The quantitative estimate of drug-likeness (QED) is 0.671. The minimum atomic E-state index is -0.290. The van der Waals surface area contributed by atoms with Gasteiger partial charge in [0.25, 0.3) is 0 Å². The Hall–Kier alpha value is -2.62. The molecule has 0 radical (unpaired) electrons. The van der Waals surface area contributed by atoms with Crippen molar-refractivity contribution in [1.82, 2.24) is 0 Å². The predicted molar refractivity (Wildman–Crippen MR) is 101 cm³/mol. The van der Waals surface area contributed by atoms with Gasteiger partial charge >= 0.3 is 11.9 Å². The Labute approximate surface area is 155 Å². The molecule has 4 nitrogen and oxygen atoms in total. The summed E-state index contributed by atoms with van der Waals surface area (Å²) in [5, 5.41) is 0. The summed E-state index contributed by atoms with van der Waals surface area (Å²) < 4.78 is 10.1. The third-order valence-electron chi connectivity index (χ3n) is 4.31. The fraction of sp³-hybridized carbons (Fsp3) is 0.364. The summed E-state index contributed by atoms with van der Waals surface area (Å²) in [4.78, 5) is 23.9. The third kappa shape index (κ3) is 5.45. The van der Waals surface area contributed by atoms with Crippen LogP contribution in [0.4, 0.5) is 0 Å². The Balaban J connectivity index is 2.31. The zero-order chi connectivity index (χ0) is 18.9. The number of hydrogen-bond donors (Lipinski definition) is 0. The number of esters is 2. The lowest BCUT2D eigenvalue weighted by Gasteiger charge is -2.16. The normalized spacial score (nSPS) is 11.7. The van der Waals surface area contributed by atoms with Gasteiger partial charge in [0.05, 0.1) is 26.1 Å². The molecule has 2 aromatic rings. The molecule has 0 bridgehead atoms. The van der Waals surface area contributed by atoms with E-state index < -0.39 is 0 Å². The minimum absolute atomic E-state index is 0.151. The first-order valence-electron chi connectivity index (χ1n) is 9.03. The molecule has 0 aliphatic rings. The van der Waals surface area contributed by atoms with Gasteiger partial charge in [-0.1, -0.05) is 55.5 Å². The van der Waals surface area contributed by atoms with Gasteiger partial charge in [0.2, 0.25) is 0 Å². The molecule has 0 amide bonds. The highest BCUT2D eigenvalue weighted by Crippen LogP contribution is 2.26. The highest BCUT2D eigenvalue weighted by atomic mass is 16.5. The van der Waals surface area contributed by atoms with Crippen molar-refractivity contribution in [3.63, 3.8) is 0 Å². The standard InChI is InChI=1S/C22H26O4/c1-4-25-21(23)14-19-12-11-18(13-20(19)15-22(24)26-5-2)16(3)17-9-7-6-8-10-17/h6-13,16H,4-5,14-15H2,1-3H3. The maximum atomic E-state index is 12.0. The van der Waals surface area contributed by atoms with E-state index in [0.717, 1.165) is 16.7 Å². The van der Waals surface area contributed by atoms with Crippen LogP contribution in [0.2, 0.25) is 0 Å². The average Bonchev–Trinajstić information content (AvgIpc) is 2.63. The topological polar surface area (TPSA) is 52.6 Å². The zero-order valence-corrected chi connectivity index (χ0v) is 15.7. The molecule has 4 heteroatoms. The molecule has 0 aliphatic heterocycles. The van der Waals surface area contributed by atoms with E-state index >= 15 is 0 Å². The maximum absolute atomic E-state index is 12.0. The van der Waals surface area contributed by atoms with Gasteiger partial charge in [0, 0.05) is 5.92 Å². The van der Waals surface area contributed by atoms with Crippen molar-refractivity contribution in [2.45, 2.75) is 39.5 Å². The van der Waals surface area contributed by atoms with E-state index in [0.29, 0.717) is 13.2 Å². The third-order valence-corrected chi connectivity index (χ3v) is 4.31. The van der Waals surface area contributed by atoms with Crippen LogP contribution in [0.5, 0.6) is 0 Å². The van der Waals surface area contributed by atoms with Gasteiger partial charge in [-0.05, 0) is 36.1 Å². The first-order valence-corrected chi connectivity index (χ1v) is 9.03. The Morgan fingerprint density at radius 1 is 0.808 bits per heavy atom. The fourth-order valence-electron chi connectivity index (χ4n) is 2.92. The average molecular weight is 354 g/mol. The molecule has 1 atom stereocenters. The largest absolute Gasteiger partial charge is 0.466 e. The van der Waals surface area contributed by atoms with Crippen LogP contribution in [0, 0.1) is 0 Å². The Bertz CT molecular complexity index is 737. The van der Waals surface area contributed by atoms with Gasteiger partial charge in [0.1, 0.15) is 0 Å². The van der Waals surface area contributed by atoms with Crippen LogP contribution in [0.3, 0.4) is 0 Å². The molecule has 0 fully saturated rings. The van der Waals surface area contributed by atoms with E-state index in [1.165, 1.54) is 5.56 Å². The molecule has 0 N–H and O–H groups in total. The minimum Gasteiger partial charge on any atom is -0.466 e. The molecule has 0 saturated carbocycles. The molecule has 0 spiro atoms. The molecule has 2 aromatic carbocycles. The highest BCUT2D eigenvalue weighted by Gasteiger charge is 2.16. The molecular formula is C22H26O4. The summed E-state index contributed by atoms with van der Waals surface area (Å²) >= 11 is 0. The number of carbonyl (C=O) groups excluding carboxylic acids is 2. The van der Waals surface area contributed by atoms with Gasteiger partial charge in [-0.25, -0.2) is 0 Å². The fourth-order valence-corrected chi connectivity index (χ4v) is 2.92. The number of hydrogen-bond acceptors (Lipinski definition) is 4. The number of carbonyl (C=O) groups is 2. The van der Waals surface area contributed by atoms with Crippen molar-refractivity contribution in [1.29, 1.82) is 0 Å². The molecule has 0 aliphatic carbocycles. The van der Waals surface area contributed by atoms with Crippen LogP contribution in [0.25, 0.3) is 0 Å². The second kappa shape index (κ2) is 9.76. The van der Waals surface area contributed by atoms with Gasteiger partial charge < -0.3 is 9.47 Å². The highest BCUT2D eigenvalue weighted by molar-refractivity contribution is 5.76. The summed E-state index contributed by atoms with van der Waals surface area (Å²) in [6, 6.07) is 16.1. The van der Waals surface area contributed by atoms with Crippen molar-refractivity contribution >= 4 is 11.9 Å². The van der Waals surface area contributed by atoms with E-state index in [-0.39, 0.29) is 30.7 Å². The SMILES string of the molecule is CCOC(=O)Cc1ccc(C(C)c2ccccc2)cc1CC(=O)OCC. The summed E-state index contributed by atoms with van der Waals surface area (Å²) in [6.07, 6.45) is 0.306. The van der Waals surface area contributed by atoms with Gasteiger partial charge in [-0.15, -0.1) is 0 Å².